The molecule has 0 bridgehead atoms. The Kier molecular flexibility index (Phi) is 5.41. The van der Waals surface area contributed by atoms with Crippen LogP contribution in [0.15, 0.2) is 41.1 Å². The number of carbonyl (C=O) groups excluding carboxylic acids is 1. The van der Waals surface area contributed by atoms with Gasteiger partial charge >= 0.3 is 0 Å². The number of hydrogen-bond donors (Lipinski definition) is 0. The van der Waals surface area contributed by atoms with Crippen molar-refractivity contribution in [2.45, 2.75) is 20.0 Å². The Morgan fingerprint density at radius 2 is 2.09 bits per heavy atom. The molecular weight excluding hydrogens is 296 g/mol. The van der Waals surface area contributed by atoms with E-state index in [1.807, 2.05) is 32.0 Å². The second kappa shape index (κ2) is 7.49. The minimum Gasteiger partial charge on any atom is -0.493 e. The largest absolute Gasteiger partial charge is 0.493 e. The summed E-state index contributed by atoms with van der Waals surface area (Å²) in [5.74, 6) is 1.54. The maximum absolute atomic E-state index is 12.1. The fourth-order valence-corrected chi connectivity index (χ4v) is 1.91. The molecule has 6 heteroatoms. The molecule has 6 nitrogen and oxygen atoms in total. The van der Waals surface area contributed by atoms with Gasteiger partial charge in [-0.15, -0.1) is 0 Å². The van der Waals surface area contributed by atoms with E-state index in [9.17, 15) is 4.79 Å². The molecule has 1 aromatic carbocycles. The highest BCUT2D eigenvalue weighted by atomic mass is 16.5. The van der Waals surface area contributed by atoms with Gasteiger partial charge in [-0.25, -0.2) is 0 Å². The first-order valence-corrected chi connectivity index (χ1v) is 7.22. The Balaban J connectivity index is 2.11. The Morgan fingerprint density at radius 1 is 1.30 bits per heavy atom. The number of aromatic nitrogens is 1. The molecule has 0 aliphatic rings. The number of carbonyl (C=O) groups is 1. The van der Waals surface area contributed by atoms with Gasteiger partial charge < -0.3 is 14.0 Å². The van der Waals surface area contributed by atoms with Gasteiger partial charge in [-0.2, -0.15) is 0 Å². The van der Waals surface area contributed by atoms with Crippen LogP contribution in [0.3, 0.4) is 0 Å². The van der Waals surface area contributed by atoms with Crippen LogP contribution in [0.4, 0.5) is 5.82 Å². The van der Waals surface area contributed by atoms with Crippen LogP contribution in [-0.2, 0) is 4.79 Å². The SMILES string of the molecule is COc1cc(C=CC(=O)N(C)c2ccon2)ccc1OC(C)C. The summed E-state index contributed by atoms with van der Waals surface area (Å²) in [7, 11) is 3.21. The highest BCUT2D eigenvalue weighted by Gasteiger charge is 2.11. The van der Waals surface area contributed by atoms with Crippen molar-refractivity contribution in [3.05, 3.63) is 42.2 Å². The third-order valence-electron chi connectivity index (χ3n) is 3.07. The van der Waals surface area contributed by atoms with Crippen molar-refractivity contribution in [3.63, 3.8) is 0 Å². The molecule has 2 aromatic rings. The maximum atomic E-state index is 12.1. The molecule has 0 spiro atoms. The molecule has 0 unspecified atom stereocenters. The molecule has 0 atom stereocenters. The van der Waals surface area contributed by atoms with E-state index < -0.39 is 0 Å². The second-order valence-electron chi connectivity index (χ2n) is 5.17. The minimum atomic E-state index is -0.208. The molecule has 1 aromatic heterocycles. The average molecular weight is 316 g/mol. The number of nitrogens with zero attached hydrogens (tertiary/aromatic N) is 2. The molecule has 0 N–H and O–H groups in total. The van der Waals surface area contributed by atoms with E-state index >= 15 is 0 Å². The van der Waals surface area contributed by atoms with Crippen LogP contribution in [-0.4, -0.2) is 31.3 Å². The number of hydrogen-bond acceptors (Lipinski definition) is 5. The predicted octanol–water partition coefficient (Wildman–Crippen LogP) is 3.15. The van der Waals surface area contributed by atoms with Crippen molar-refractivity contribution in [1.29, 1.82) is 0 Å². The van der Waals surface area contributed by atoms with Gasteiger partial charge in [0.15, 0.2) is 17.3 Å². The van der Waals surface area contributed by atoms with Crippen LogP contribution in [0.1, 0.15) is 19.4 Å². The number of anilines is 1. The molecule has 0 aliphatic carbocycles. The molecule has 1 amide bonds. The number of benzene rings is 1. The predicted molar refractivity (Wildman–Crippen MR) is 87.7 cm³/mol. The number of amides is 1. The smallest absolute Gasteiger partial charge is 0.251 e. The Hall–Kier alpha value is -2.76. The molecule has 0 saturated carbocycles. The standard InChI is InChI=1S/C17H20N2O4/c1-12(2)23-14-7-5-13(11-15(14)21-4)6-8-17(20)19(3)16-9-10-22-18-16/h5-12H,1-4H3. The van der Waals surface area contributed by atoms with Crippen molar-refractivity contribution >= 4 is 17.8 Å². The third kappa shape index (κ3) is 4.35. The molecule has 0 saturated heterocycles. The minimum absolute atomic E-state index is 0.0583. The fourth-order valence-electron chi connectivity index (χ4n) is 1.91. The summed E-state index contributed by atoms with van der Waals surface area (Å²) in [6.07, 6.45) is 4.65. The van der Waals surface area contributed by atoms with Gasteiger partial charge in [0.05, 0.1) is 13.2 Å². The maximum Gasteiger partial charge on any atom is 0.251 e. The van der Waals surface area contributed by atoms with E-state index in [4.69, 9.17) is 14.0 Å². The van der Waals surface area contributed by atoms with Crippen LogP contribution in [0.2, 0.25) is 0 Å². The van der Waals surface area contributed by atoms with E-state index in [0.717, 1.165) is 5.56 Å². The second-order valence-corrected chi connectivity index (χ2v) is 5.17. The van der Waals surface area contributed by atoms with Crippen molar-refractivity contribution in [2.75, 3.05) is 19.1 Å². The first-order chi connectivity index (χ1) is 11.0. The molecule has 23 heavy (non-hydrogen) atoms. The van der Waals surface area contributed by atoms with Crippen molar-refractivity contribution in [1.82, 2.24) is 5.16 Å². The Labute approximate surface area is 135 Å². The molecule has 1 heterocycles. The molecule has 0 radical (unpaired) electrons. The monoisotopic (exact) mass is 316 g/mol. The molecule has 122 valence electrons. The van der Waals surface area contributed by atoms with Gasteiger partial charge in [-0.05, 0) is 37.6 Å². The number of ether oxygens (including phenoxy) is 2. The van der Waals surface area contributed by atoms with Gasteiger partial charge in [0.25, 0.3) is 5.91 Å². The van der Waals surface area contributed by atoms with E-state index in [0.29, 0.717) is 17.3 Å². The molecule has 0 aliphatic heterocycles. The van der Waals surface area contributed by atoms with E-state index in [-0.39, 0.29) is 12.0 Å². The highest BCUT2D eigenvalue weighted by Crippen LogP contribution is 2.29. The lowest BCUT2D eigenvalue weighted by atomic mass is 10.2. The summed E-state index contributed by atoms with van der Waals surface area (Å²) in [6.45, 7) is 3.90. The quantitative estimate of drug-likeness (QED) is 0.766. The summed E-state index contributed by atoms with van der Waals surface area (Å²) >= 11 is 0. The molecule has 2 rings (SSSR count). The number of likely N-dealkylation sites (N-methyl/N-ethyl adjacent to an activating group) is 1. The first-order valence-electron chi connectivity index (χ1n) is 7.22. The first kappa shape index (κ1) is 16.6. The summed E-state index contributed by atoms with van der Waals surface area (Å²) in [5, 5.41) is 3.72. The normalized spacial score (nSPS) is 11.0. The van der Waals surface area contributed by atoms with Gasteiger partial charge in [0, 0.05) is 19.2 Å². The lowest BCUT2D eigenvalue weighted by Crippen LogP contribution is -2.24. The summed E-state index contributed by atoms with van der Waals surface area (Å²) < 4.78 is 15.7. The van der Waals surface area contributed by atoms with E-state index in [1.165, 1.54) is 17.2 Å². The lowest BCUT2D eigenvalue weighted by molar-refractivity contribution is -0.113. The zero-order valence-electron chi connectivity index (χ0n) is 13.6. The highest BCUT2D eigenvalue weighted by molar-refractivity contribution is 6.02. The lowest BCUT2D eigenvalue weighted by Gasteiger charge is -2.14. The van der Waals surface area contributed by atoms with Crippen LogP contribution in [0, 0.1) is 0 Å². The van der Waals surface area contributed by atoms with E-state index in [2.05, 4.69) is 5.16 Å². The topological polar surface area (TPSA) is 64.8 Å². The van der Waals surface area contributed by atoms with Crippen molar-refractivity contribution in [2.24, 2.45) is 0 Å². The Bertz CT molecular complexity index is 678. The third-order valence-corrected chi connectivity index (χ3v) is 3.07. The van der Waals surface area contributed by atoms with E-state index in [1.54, 1.807) is 26.3 Å². The summed E-state index contributed by atoms with van der Waals surface area (Å²) in [5.41, 5.74) is 0.833. The van der Waals surface area contributed by atoms with Gasteiger partial charge in [0.2, 0.25) is 0 Å². The zero-order valence-corrected chi connectivity index (χ0v) is 13.6. The van der Waals surface area contributed by atoms with Gasteiger partial charge in [-0.1, -0.05) is 11.2 Å². The van der Waals surface area contributed by atoms with Gasteiger partial charge in [-0.3, -0.25) is 9.69 Å². The zero-order chi connectivity index (χ0) is 16.8. The van der Waals surface area contributed by atoms with Crippen LogP contribution >= 0.6 is 0 Å². The van der Waals surface area contributed by atoms with Crippen LogP contribution in [0.25, 0.3) is 6.08 Å². The number of rotatable bonds is 6. The fraction of sp³-hybridized carbons (Fsp3) is 0.294. The van der Waals surface area contributed by atoms with Crippen LogP contribution < -0.4 is 14.4 Å². The molecule has 0 fully saturated rings. The van der Waals surface area contributed by atoms with Crippen molar-refractivity contribution in [3.8, 4) is 11.5 Å². The summed E-state index contributed by atoms with van der Waals surface area (Å²) in [6, 6.07) is 7.12. The van der Waals surface area contributed by atoms with Gasteiger partial charge in [0.1, 0.15) is 6.26 Å². The Morgan fingerprint density at radius 3 is 2.70 bits per heavy atom. The van der Waals surface area contributed by atoms with Crippen LogP contribution in [0.5, 0.6) is 11.5 Å². The van der Waals surface area contributed by atoms with Crippen molar-refractivity contribution < 1.29 is 18.8 Å². The molecular formula is C17H20N2O4. The average Bonchev–Trinajstić information content (AvgIpc) is 3.06. The number of methoxy groups -OCH3 is 1. The summed E-state index contributed by atoms with van der Waals surface area (Å²) in [4.78, 5) is 13.5.